The Labute approximate surface area is 166 Å². The number of hydrogen-bond donors (Lipinski definition) is 1. The quantitative estimate of drug-likeness (QED) is 0.780. The van der Waals surface area contributed by atoms with Crippen molar-refractivity contribution in [3.8, 4) is 0 Å². The number of likely N-dealkylation sites (tertiary alicyclic amines) is 1. The molecule has 2 amide bonds. The number of hydrogen-bond acceptors (Lipinski definition) is 4. The van der Waals surface area contributed by atoms with Crippen LogP contribution in [0.2, 0.25) is 0 Å². The predicted octanol–water partition coefficient (Wildman–Crippen LogP) is 1.67. The summed E-state index contributed by atoms with van der Waals surface area (Å²) in [5.41, 5.74) is 1.72. The van der Waals surface area contributed by atoms with Crippen LogP contribution in [0, 0.1) is 5.92 Å². The van der Waals surface area contributed by atoms with E-state index in [1.807, 2.05) is 4.90 Å². The number of benzene rings is 1. The van der Waals surface area contributed by atoms with Crippen LogP contribution in [0.5, 0.6) is 0 Å². The molecule has 1 N–H and O–H groups in total. The van der Waals surface area contributed by atoms with Crippen LogP contribution in [0.3, 0.4) is 0 Å². The van der Waals surface area contributed by atoms with Gasteiger partial charge in [-0.05, 0) is 62.3 Å². The summed E-state index contributed by atoms with van der Waals surface area (Å²) in [6.45, 7) is 2.26. The summed E-state index contributed by atoms with van der Waals surface area (Å²) in [5, 5.41) is 0. The van der Waals surface area contributed by atoms with Crippen LogP contribution < -0.4 is 9.62 Å². The van der Waals surface area contributed by atoms with Gasteiger partial charge in [-0.25, -0.2) is 13.1 Å². The van der Waals surface area contributed by atoms with Gasteiger partial charge in [0.05, 0.1) is 4.90 Å². The van der Waals surface area contributed by atoms with Crippen molar-refractivity contribution in [2.45, 2.75) is 49.8 Å². The SMILES string of the molecule is O=C(CCNS(=O)(=O)c1ccc2c(c1)CCN2C(=O)C1CC1)N1CCCCC1. The highest BCUT2D eigenvalue weighted by Gasteiger charge is 2.36. The van der Waals surface area contributed by atoms with Crippen LogP contribution in [-0.4, -0.2) is 51.3 Å². The van der Waals surface area contributed by atoms with Gasteiger partial charge in [0.25, 0.3) is 0 Å². The van der Waals surface area contributed by atoms with E-state index in [0.717, 1.165) is 56.4 Å². The van der Waals surface area contributed by atoms with E-state index in [1.165, 1.54) is 0 Å². The highest BCUT2D eigenvalue weighted by atomic mass is 32.2. The van der Waals surface area contributed by atoms with E-state index in [1.54, 1.807) is 23.1 Å². The standard InChI is InChI=1S/C20H27N3O4S/c24-19(22-11-2-1-3-12-22)8-10-21-28(26,27)17-6-7-18-16(14-17)9-13-23(18)20(25)15-4-5-15/h6-7,14-15,21H,1-5,8-13H2. The summed E-state index contributed by atoms with van der Waals surface area (Å²) in [4.78, 5) is 28.3. The highest BCUT2D eigenvalue weighted by Crippen LogP contribution is 2.37. The first kappa shape index (κ1) is 19.4. The number of nitrogens with one attached hydrogen (secondary N) is 1. The third-order valence-electron chi connectivity index (χ3n) is 5.79. The largest absolute Gasteiger partial charge is 0.343 e. The number of carbonyl (C=O) groups excluding carboxylic acids is 2. The Morgan fingerprint density at radius 2 is 1.82 bits per heavy atom. The molecule has 2 aliphatic heterocycles. The third kappa shape index (κ3) is 4.07. The minimum Gasteiger partial charge on any atom is -0.343 e. The van der Waals surface area contributed by atoms with Crippen LogP contribution in [0.25, 0.3) is 0 Å². The third-order valence-corrected chi connectivity index (χ3v) is 7.25. The molecule has 152 valence electrons. The van der Waals surface area contributed by atoms with Crippen LogP contribution in [0.15, 0.2) is 23.1 Å². The fraction of sp³-hybridized carbons (Fsp3) is 0.600. The lowest BCUT2D eigenvalue weighted by Gasteiger charge is -2.26. The van der Waals surface area contributed by atoms with Crippen molar-refractivity contribution in [2.75, 3.05) is 31.1 Å². The minimum absolute atomic E-state index is 0.00517. The fourth-order valence-corrected chi connectivity index (χ4v) is 5.08. The number of piperidine rings is 1. The molecule has 1 aliphatic carbocycles. The second kappa shape index (κ2) is 7.83. The molecule has 1 saturated heterocycles. The Bertz CT molecular complexity index is 873. The Balaban J connectivity index is 1.36. The maximum atomic E-state index is 12.6. The minimum atomic E-state index is -3.67. The number of fused-ring (bicyclic) bond motifs is 1. The molecule has 0 spiro atoms. The van der Waals surface area contributed by atoms with Crippen molar-refractivity contribution in [1.29, 1.82) is 0 Å². The first-order valence-electron chi connectivity index (χ1n) is 10.2. The van der Waals surface area contributed by atoms with Gasteiger partial charge in [0, 0.05) is 44.2 Å². The lowest BCUT2D eigenvalue weighted by atomic mass is 10.1. The number of amides is 2. The molecule has 0 unspecified atom stereocenters. The molecule has 1 aromatic rings. The van der Waals surface area contributed by atoms with Gasteiger partial charge in [0.15, 0.2) is 0 Å². The van der Waals surface area contributed by atoms with Gasteiger partial charge in [-0.1, -0.05) is 0 Å². The van der Waals surface area contributed by atoms with E-state index in [4.69, 9.17) is 0 Å². The second-order valence-corrected chi connectivity index (χ2v) is 9.66. The average molecular weight is 406 g/mol. The van der Waals surface area contributed by atoms with Crippen molar-refractivity contribution < 1.29 is 18.0 Å². The average Bonchev–Trinajstić information content (AvgIpc) is 3.47. The Kier molecular flexibility index (Phi) is 5.42. The molecule has 1 saturated carbocycles. The molecule has 0 atom stereocenters. The number of carbonyl (C=O) groups is 2. The lowest BCUT2D eigenvalue weighted by Crippen LogP contribution is -2.37. The summed E-state index contributed by atoms with van der Waals surface area (Å²) in [5.74, 6) is 0.308. The number of rotatable bonds is 6. The zero-order valence-electron chi connectivity index (χ0n) is 16.0. The first-order valence-corrected chi connectivity index (χ1v) is 11.7. The molecule has 1 aromatic carbocycles. The molecule has 2 fully saturated rings. The molecule has 3 aliphatic rings. The molecular formula is C20H27N3O4S. The zero-order chi connectivity index (χ0) is 19.7. The van der Waals surface area contributed by atoms with Gasteiger partial charge in [-0.15, -0.1) is 0 Å². The Hall–Kier alpha value is -1.93. The van der Waals surface area contributed by atoms with Crippen molar-refractivity contribution in [1.82, 2.24) is 9.62 Å². The normalized spacial score (nSPS) is 19.6. The fourth-order valence-electron chi connectivity index (χ4n) is 4.00. The Morgan fingerprint density at radius 1 is 1.07 bits per heavy atom. The van der Waals surface area contributed by atoms with Gasteiger partial charge in [-0.3, -0.25) is 9.59 Å². The van der Waals surface area contributed by atoms with E-state index in [9.17, 15) is 18.0 Å². The van der Waals surface area contributed by atoms with Gasteiger partial charge in [-0.2, -0.15) is 0 Å². The highest BCUT2D eigenvalue weighted by molar-refractivity contribution is 7.89. The first-order chi connectivity index (χ1) is 13.5. The van der Waals surface area contributed by atoms with E-state index < -0.39 is 10.0 Å². The van der Waals surface area contributed by atoms with Crippen molar-refractivity contribution in [2.24, 2.45) is 5.92 Å². The summed E-state index contributed by atoms with van der Waals surface area (Å²) >= 11 is 0. The summed E-state index contributed by atoms with van der Waals surface area (Å²) in [6.07, 6.45) is 5.95. The van der Waals surface area contributed by atoms with Crippen molar-refractivity contribution in [3.63, 3.8) is 0 Å². The molecule has 28 heavy (non-hydrogen) atoms. The van der Waals surface area contributed by atoms with Gasteiger partial charge in [0.2, 0.25) is 21.8 Å². The van der Waals surface area contributed by atoms with Crippen LogP contribution >= 0.6 is 0 Å². The lowest BCUT2D eigenvalue weighted by molar-refractivity contribution is -0.131. The Morgan fingerprint density at radius 3 is 2.54 bits per heavy atom. The number of anilines is 1. The van der Waals surface area contributed by atoms with Crippen LogP contribution in [-0.2, 0) is 26.0 Å². The van der Waals surface area contributed by atoms with Crippen LogP contribution in [0.4, 0.5) is 5.69 Å². The molecule has 7 nitrogen and oxygen atoms in total. The molecule has 0 radical (unpaired) electrons. The smallest absolute Gasteiger partial charge is 0.240 e. The van der Waals surface area contributed by atoms with E-state index in [2.05, 4.69) is 4.72 Å². The monoisotopic (exact) mass is 405 g/mol. The maximum Gasteiger partial charge on any atom is 0.240 e. The molecule has 0 aromatic heterocycles. The van der Waals surface area contributed by atoms with Crippen LogP contribution in [0.1, 0.15) is 44.1 Å². The topological polar surface area (TPSA) is 86.8 Å². The van der Waals surface area contributed by atoms with Gasteiger partial charge < -0.3 is 9.80 Å². The number of sulfonamides is 1. The molecule has 2 heterocycles. The molecule has 8 heteroatoms. The summed E-state index contributed by atoms with van der Waals surface area (Å²) < 4.78 is 27.8. The second-order valence-electron chi connectivity index (χ2n) is 7.89. The predicted molar refractivity (Wildman–Crippen MR) is 105 cm³/mol. The van der Waals surface area contributed by atoms with E-state index in [-0.39, 0.29) is 35.6 Å². The van der Waals surface area contributed by atoms with Crippen molar-refractivity contribution >= 4 is 27.5 Å². The van der Waals surface area contributed by atoms with E-state index >= 15 is 0 Å². The van der Waals surface area contributed by atoms with Gasteiger partial charge >= 0.3 is 0 Å². The maximum absolute atomic E-state index is 12.6. The summed E-state index contributed by atoms with van der Waals surface area (Å²) in [7, 11) is -3.67. The molecular weight excluding hydrogens is 378 g/mol. The van der Waals surface area contributed by atoms with Gasteiger partial charge in [0.1, 0.15) is 0 Å². The summed E-state index contributed by atoms with van der Waals surface area (Å²) in [6, 6.07) is 4.94. The zero-order valence-corrected chi connectivity index (χ0v) is 16.8. The number of nitrogens with zero attached hydrogens (tertiary/aromatic N) is 2. The van der Waals surface area contributed by atoms with Crippen molar-refractivity contribution in [3.05, 3.63) is 23.8 Å². The van der Waals surface area contributed by atoms with E-state index in [0.29, 0.717) is 13.0 Å². The molecule has 4 rings (SSSR count). The molecule has 0 bridgehead atoms.